The fraction of sp³-hybridized carbons (Fsp3) is 0.667. The molecule has 1 unspecified atom stereocenters. The molecule has 48 heavy (non-hydrogen) atoms. The Morgan fingerprint density at radius 1 is 1.19 bits per heavy atom. The molecular formula is C39H60N3O6+. The number of nitrogens with one attached hydrogen (secondary N) is 2. The minimum absolute atomic E-state index is 0.0539. The number of phenolic OH excluding ortho intramolecular Hbond substituents is 1. The number of aryl methyl sites for hydroxylation is 1. The number of unbranched alkanes of at least 4 members (excludes halogenated alkanes) is 1. The lowest BCUT2D eigenvalue weighted by atomic mass is 9.71. The van der Waals surface area contributed by atoms with Crippen molar-refractivity contribution in [3.05, 3.63) is 59.2 Å². The highest BCUT2D eigenvalue weighted by Gasteiger charge is 2.52. The summed E-state index contributed by atoms with van der Waals surface area (Å²) < 4.78 is 11.2. The number of rotatable bonds is 19. The van der Waals surface area contributed by atoms with Crippen LogP contribution < -0.4 is 15.4 Å². The Morgan fingerprint density at radius 3 is 2.79 bits per heavy atom. The van der Waals surface area contributed by atoms with Gasteiger partial charge in [-0.3, -0.25) is 5.32 Å². The van der Waals surface area contributed by atoms with Crippen LogP contribution in [0.15, 0.2) is 46.6 Å². The van der Waals surface area contributed by atoms with Crippen LogP contribution in [0.4, 0.5) is 0 Å². The van der Waals surface area contributed by atoms with Crippen LogP contribution in [0.1, 0.15) is 90.0 Å². The van der Waals surface area contributed by atoms with Crippen molar-refractivity contribution in [2.24, 2.45) is 22.7 Å². The average molecular weight is 667 g/mol. The summed E-state index contributed by atoms with van der Waals surface area (Å²) in [5.41, 5.74) is 4.20. The van der Waals surface area contributed by atoms with Gasteiger partial charge in [0.2, 0.25) is 0 Å². The van der Waals surface area contributed by atoms with E-state index in [1.807, 2.05) is 26.1 Å². The van der Waals surface area contributed by atoms with E-state index in [1.165, 1.54) is 30.9 Å². The number of nitrogens with zero attached hydrogens (tertiary/aromatic N) is 1. The summed E-state index contributed by atoms with van der Waals surface area (Å²) in [4.78, 5) is 5.21. The fourth-order valence-electron chi connectivity index (χ4n) is 8.33. The number of phenols is 1. The summed E-state index contributed by atoms with van der Waals surface area (Å²) in [6.45, 7) is 5.06. The van der Waals surface area contributed by atoms with Crippen LogP contribution in [0, 0.1) is 29.8 Å². The third-order valence-corrected chi connectivity index (χ3v) is 10.9. The summed E-state index contributed by atoms with van der Waals surface area (Å²) in [6.07, 6.45) is 17.2. The van der Waals surface area contributed by atoms with Gasteiger partial charge >= 0.3 is 0 Å². The number of likely N-dealkylation sites (N-methyl/N-ethyl adjacent to an activating group) is 1. The number of aliphatic hydroxyl groups excluding tert-OH is 3. The third-order valence-electron chi connectivity index (χ3n) is 10.9. The van der Waals surface area contributed by atoms with Crippen LogP contribution >= 0.6 is 0 Å². The predicted octanol–water partition coefficient (Wildman–Crippen LogP) is 4.69. The van der Waals surface area contributed by atoms with Gasteiger partial charge in [-0.05, 0) is 88.4 Å². The highest BCUT2D eigenvalue weighted by atomic mass is 16.5. The third kappa shape index (κ3) is 9.17. The molecule has 5 rings (SSSR count). The number of aliphatic hydroxyl groups is 5. The lowest BCUT2D eigenvalue weighted by Gasteiger charge is -2.33. The maximum absolute atomic E-state index is 10.7. The Labute approximate surface area is 287 Å². The molecule has 0 spiro atoms. The second-order valence-electron chi connectivity index (χ2n) is 14.3. The summed E-state index contributed by atoms with van der Waals surface area (Å²) >= 11 is 0. The summed E-state index contributed by atoms with van der Waals surface area (Å²) in [7, 11) is 1.92. The SMILES string of the molecule is CCCCC1[OH+][C-](CCc2ccc(O)c(OC[C@H](NC)C3=C[C+]4C(=N3)CC[C@H]3CCC[C@@H]3[C@@H]4[C@H](CCCO)NC[C@H](C)O)c2)C=C1CO. The zero-order valence-corrected chi connectivity index (χ0v) is 29.3. The van der Waals surface area contributed by atoms with Gasteiger partial charge in [0, 0.05) is 38.6 Å². The Hall–Kier alpha value is -2.53. The van der Waals surface area contributed by atoms with Crippen LogP contribution in [0.2, 0.25) is 0 Å². The Balaban J connectivity index is 1.26. The van der Waals surface area contributed by atoms with E-state index in [4.69, 9.17) is 14.5 Å². The molecule has 0 bridgehead atoms. The molecule has 2 heterocycles. The molecule has 1 aromatic rings. The number of aromatic hydroxyl groups is 1. The van der Waals surface area contributed by atoms with Gasteiger partial charge in [-0.2, -0.15) is 0 Å². The van der Waals surface area contributed by atoms with Crippen LogP contribution in [0.25, 0.3) is 0 Å². The van der Waals surface area contributed by atoms with Crippen LogP contribution in [-0.4, -0.2) is 88.6 Å². The van der Waals surface area contributed by atoms with E-state index < -0.39 is 6.10 Å². The van der Waals surface area contributed by atoms with Gasteiger partial charge in [0.15, 0.2) is 23.2 Å². The molecule has 4 aliphatic rings. The minimum Gasteiger partial charge on any atom is -0.504 e. The normalized spacial score (nSPS) is 25.6. The number of fused-ring (bicyclic) bond motifs is 2. The lowest BCUT2D eigenvalue weighted by Crippen LogP contribution is -2.46. The van der Waals surface area contributed by atoms with E-state index in [1.54, 1.807) is 6.07 Å². The van der Waals surface area contributed by atoms with E-state index in [2.05, 4.69) is 29.7 Å². The number of hydrogen-bond donors (Lipinski definition) is 6. The van der Waals surface area contributed by atoms with Gasteiger partial charge in [-0.25, -0.2) is 0 Å². The van der Waals surface area contributed by atoms with Gasteiger partial charge < -0.3 is 35.2 Å². The van der Waals surface area contributed by atoms with Crippen molar-refractivity contribution in [3.63, 3.8) is 0 Å². The molecule has 0 radical (unpaired) electrons. The molecule has 7 N–H and O–H groups in total. The topological polar surface area (TPSA) is 139 Å². The molecule has 2 aliphatic heterocycles. The molecule has 0 amide bonds. The van der Waals surface area contributed by atoms with Crippen molar-refractivity contribution in [1.82, 2.24) is 10.6 Å². The van der Waals surface area contributed by atoms with E-state index in [0.717, 1.165) is 80.7 Å². The van der Waals surface area contributed by atoms with Crippen molar-refractivity contribution in [2.75, 3.05) is 33.4 Å². The van der Waals surface area contributed by atoms with Crippen molar-refractivity contribution in [1.29, 1.82) is 0 Å². The molecule has 9 heteroatoms. The zero-order valence-electron chi connectivity index (χ0n) is 29.3. The van der Waals surface area contributed by atoms with Crippen LogP contribution in [-0.2, 0) is 6.42 Å². The van der Waals surface area contributed by atoms with Crippen LogP contribution in [0.5, 0.6) is 11.5 Å². The first-order valence-electron chi connectivity index (χ1n) is 18.5. The van der Waals surface area contributed by atoms with E-state index in [0.29, 0.717) is 30.7 Å². The molecule has 1 aromatic carbocycles. The highest BCUT2D eigenvalue weighted by molar-refractivity contribution is 6.03. The number of allylic oxidation sites excluding steroid dienone is 1. The second kappa shape index (κ2) is 17.9. The monoisotopic (exact) mass is 666 g/mol. The summed E-state index contributed by atoms with van der Waals surface area (Å²) in [6, 6.07) is 5.57. The largest absolute Gasteiger partial charge is 0.504 e. The van der Waals surface area contributed by atoms with E-state index >= 15 is 0 Å². The standard InChI is InChI=1S/C39H59N3O6/c1-4-5-11-37-28(23-44)20-29(48-37)15-12-26-13-17-36(46)38(19-26)47-24-35(40-3)34-21-31-32(42-34)16-14-27-8-6-9-30(27)39(31)33(10-7-18-43)41-22-25(2)45/h13,17,19-21,25,27,30,33,35,37,39-41,43-45,48H,4-12,14-16,18,22-24H2,1-3H3/p+1/t25-,27+,30-,33-,35-,37?,39-/m0/s1. The molecule has 7 atom stereocenters. The Bertz CT molecular complexity index is 1260. The number of hydrogen-bond acceptors (Lipinski definition) is 8. The van der Waals surface area contributed by atoms with Crippen molar-refractivity contribution < 1.29 is 29.9 Å². The molecule has 9 nitrogen and oxygen atoms in total. The zero-order chi connectivity index (χ0) is 34.0. The molecule has 2 aliphatic carbocycles. The van der Waals surface area contributed by atoms with Gasteiger partial charge in [0.25, 0.3) is 0 Å². The molecule has 0 aromatic heterocycles. The average Bonchev–Trinajstić information content (AvgIpc) is 3.81. The van der Waals surface area contributed by atoms with Crippen molar-refractivity contribution >= 4 is 5.71 Å². The first kappa shape index (κ1) is 36.7. The summed E-state index contributed by atoms with van der Waals surface area (Å²) in [5.74, 6) is 3.43. The van der Waals surface area contributed by atoms with Gasteiger partial charge in [-0.15, -0.1) is 16.6 Å². The maximum Gasteiger partial charge on any atom is 0.196 e. The lowest BCUT2D eigenvalue weighted by molar-refractivity contribution is -0.0550. The molecule has 2 fully saturated rings. The number of benzene rings is 1. The van der Waals surface area contributed by atoms with Gasteiger partial charge in [0.1, 0.15) is 30.4 Å². The first-order chi connectivity index (χ1) is 23.3. The summed E-state index contributed by atoms with van der Waals surface area (Å²) in [5, 5.41) is 47.4. The van der Waals surface area contributed by atoms with Crippen molar-refractivity contribution in [3.8, 4) is 11.5 Å². The predicted molar refractivity (Wildman–Crippen MR) is 191 cm³/mol. The van der Waals surface area contributed by atoms with E-state index in [-0.39, 0.29) is 43.1 Å². The quantitative estimate of drug-likeness (QED) is 0.0930. The highest BCUT2D eigenvalue weighted by Crippen LogP contribution is 2.50. The first-order valence-corrected chi connectivity index (χ1v) is 18.5. The minimum atomic E-state index is -0.435. The van der Waals surface area contributed by atoms with Gasteiger partial charge in [0.05, 0.1) is 18.1 Å². The molecule has 0 saturated heterocycles. The maximum atomic E-state index is 10.7. The van der Waals surface area contributed by atoms with E-state index in [9.17, 15) is 20.4 Å². The fourth-order valence-corrected chi connectivity index (χ4v) is 8.33. The number of ether oxygens (including phenoxy) is 2. The molecule has 2 saturated carbocycles. The Morgan fingerprint density at radius 2 is 2.04 bits per heavy atom. The Kier molecular flexibility index (Phi) is 13.7. The molecular weight excluding hydrogens is 606 g/mol. The van der Waals surface area contributed by atoms with Gasteiger partial charge in [-0.1, -0.05) is 32.3 Å². The smallest absolute Gasteiger partial charge is 0.196 e. The van der Waals surface area contributed by atoms with Crippen LogP contribution in [0.3, 0.4) is 0 Å². The van der Waals surface area contributed by atoms with Crippen molar-refractivity contribution in [2.45, 2.75) is 115 Å². The second-order valence-corrected chi connectivity index (χ2v) is 14.3. The molecule has 266 valence electrons. The number of aliphatic imine (C=N–C) groups is 1.